The molecule has 0 aliphatic carbocycles. The molecule has 1 atom stereocenters. The Kier molecular flexibility index (Phi) is 4.23. The fourth-order valence-electron chi connectivity index (χ4n) is 2.89. The Morgan fingerprint density at radius 3 is 2.78 bits per heavy atom. The minimum Gasteiger partial charge on any atom is -0.337 e. The zero-order chi connectivity index (χ0) is 16.4. The predicted molar refractivity (Wildman–Crippen MR) is 84.6 cm³/mol. The number of hydrogen-bond donors (Lipinski definition) is 1. The first-order valence-electron chi connectivity index (χ1n) is 7.69. The number of carbonyl (C=O) groups excluding carboxylic acids is 1. The lowest BCUT2D eigenvalue weighted by Crippen LogP contribution is -2.40. The highest BCUT2D eigenvalue weighted by atomic mass is 19.1. The summed E-state index contributed by atoms with van der Waals surface area (Å²) < 4.78 is 13.0. The number of H-pyrrole nitrogens is 1. The molecule has 0 bridgehead atoms. The Morgan fingerprint density at radius 1 is 1.35 bits per heavy atom. The highest BCUT2D eigenvalue weighted by molar-refractivity contribution is 5.93. The van der Waals surface area contributed by atoms with Crippen LogP contribution >= 0.6 is 0 Å². The van der Waals surface area contributed by atoms with Crippen molar-refractivity contribution in [2.24, 2.45) is 5.92 Å². The van der Waals surface area contributed by atoms with Crippen LogP contribution < -0.4 is 5.69 Å². The molecule has 0 spiro atoms. The van der Waals surface area contributed by atoms with Crippen LogP contribution in [0.1, 0.15) is 30.3 Å². The number of benzene rings is 1. The largest absolute Gasteiger partial charge is 0.346 e. The molecule has 1 aromatic carbocycles. The summed E-state index contributed by atoms with van der Waals surface area (Å²) in [5, 5.41) is 0. The van der Waals surface area contributed by atoms with Gasteiger partial charge < -0.3 is 9.88 Å². The Hall–Kier alpha value is -2.50. The lowest BCUT2D eigenvalue weighted by Gasteiger charge is -2.30. The summed E-state index contributed by atoms with van der Waals surface area (Å²) in [7, 11) is 0. The summed E-state index contributed by atoms with van der Waals surface area (Å²) in [6.07, 6.45) is 2.07. The van der Waals surface area contributed by atoms with Gasteiger partial charge in [-0.25, -0.2) is 9.18 Å². The molecule has 1 aliphatic heterocycles. The van der Waals surface area contributed by atoms with Crippen LogP contribution in [0.5, 0.6) is 0 Å². The Balaban J connectivity index is 1.92. The van der Waals surface area contributed by atoms with E-state index in [0.29, 0.717) is 30.3 Å². The van der Waals surface area contributed by atoms with E-state index in [2.05, 4.69) is 16.9 Å². The molecule has 1 aliphatic rings. The van der Waals surface area contributed by atoms with E-state index in [9.17, 15) is 14.0 Å². The van der Waals surface area contributed by atoms with Crippen molar-refractivity contribution in [1.82, 2.24) is 14.9 Å². The summed E-state index contributed by atoms with van der Waals surface area (Å²) in [6, 6.07) is 7.22. The van der Waals surface area contributed by atoms with Crippen molar-refractivity contribution >= 4 is 5.91 Å². The van der Waals surface area contributed by atoms with Crippen LogP contribution in [0.2, 0.25) is 0 Å². The van der Waals surface area contributed by atoms with Gasteiger partial charge >= 0.3 is 5.69 Å². The summed E-state index contributed by atoms with van der Waals surface area (Å²) >= 11 is 0. The van der Waals surface area contributed by atoms with Crippen LogP contribution in [-0.2, 0) is 0 Å². The normalized spacial score (nSPS) is 18.0. The molecule has 1 saturated heterocycles. The van der Waals surface area contributed by atoms with E-state index in [0.717, 1.165) is 12.8 Å². The van der Waals surface area contributed by atoms with Crippen molar-refractivity contribution in [3.05, 3.63) is 52.3 Å². The average Bonchev–Trinajstić information content (AvgIpc) is 2.54. The summed E-state index contributed by atoms with van der Waals surface area (Å²) in [5.41, 5.74) is 0.597. The van der Waals surface area contributed by atoms with Crippen molar-refractivity contribution in [1.29, 1.82) is 0 Å². The lowest BCUT2D eigenvalue weighted by atomic mass is 10.00. The third-order valence-electron chi connectivity index (χ3n) is 4.06. The number of piperidine rings is 1. The van der Waals surface area contributed by atoms with E-state index in [1.807, 2.05) is 0 Å². The van der Waals surface area contributed by atoms with E-state index in [1.54, 1.807) is 11.0 Å². The van der Waals surface area contributed by atoms with E-state index >= 15 is 0 Å². The Bertz CT molecular complexity index is 770. The number of aromatic nitrogens is 2. The van der Waals surface area contributed by atoms with Gasteiger partial charge in [-0.05, 0) is 49.1 Å². The zero-order valence-corrected chi connectivity index (χ0v) is 12.9. The van der Waals surface area contributed by atoms with Crippen LogP contribution in [0.15, 0.2) is 35.1 Å². The second-order valence-corrected chi connectivity index (χ2v) is 5.99. The van der Waals surface area contributed by atoms with Gasteiger partial charge in [0.1, 0.15) is 11.5 Å². The fourth-order valence-corrected chi connectivity index (χ4v) is 2.89. The minimum absolute atomic E-state index is 0.195. The number of nitrogens with one attached hydrogen (secondary N) is 1. The molecule has 6 heteroatoms. The summed E-state index contributed by atoms with van der Waals surface area (Å²) in [4.78, 5) is 32.5. The van der Waals surface area contributed by atoms with Crippen molar-refractivity contribution in [3.63, 3.8) is 0 Å². The molecule has 1 unspecified atom stereocenters. The monoisotopic (exact) mass is 315 g/mol. The average molecular weight is 315 g/mol. The fraction of sp³-hybridized carbons (Fsp3) is 0.353. The van der Waals surface area contributed by atoms with E-state index in [-0.39, 0.29) is 17.4 Å². The number of rotatable bonds is 2. The van der Waals surface area contributed by atoms with Gasteiger partial charge in [-0.1, -0.05) is 6.92 Å². The van der Waals surface area contributed by atoms with E-state index in [4.69, 9.17) is 0 Å². The molecule has 23 heavy (non-hydrogen) atoms. The third-order valence-corrected chi connectivity index (χ3v) is 4.06. The molecule has 2 heterocycles. The number of amides is 1. The maximum atomic E-state index is 13.0. The topological polar surface area (TPSA) is 66.1 Å². The van der Waals surface area contributed by atoms with Gasteiger partial charge in [0.05, 0.1) is 5.69 Å². The van der Waals surface area contributed by atoms with Crippen molar-refractivity contribution in [3.8, 4) is 11.3 Å². The van der Waals surface area contributed by atoms with Crippen LogP contribution in [0.4, 0.5) is 4.39 Å². The second kappa shape index (κ2) is 6.32. The van der Waals surface area contributed by atoms with Crippen LogP contribution in [-0.4, -0.2) is 33.9 Å². The Labute approximate surface area is 133 Å². The molecule has 2 aromatic rings. The second-order valence-electron chi connectivity index (χ2n) is 5.99. The summed E-state index contributed by atoms with van der Waals surface area (Å²) in [6.45, 7) is 3.49. The van der Waals surface area contributed by atoms with Gasteiger partial charge in [-0.2, -0.15) is 4.98 Å². The molecule has 3 rings (SSSR count). The number of aromatic amines is 1. The molecule has 1 N–H and O–H groups in total. The van der Waals surface area contributed by atoms with Crippen LogP contribution in [0.25, 0.3) is 11.3 Å². The van der Waals surface area contributed by atoms with Gasteiger partial charge in [0.2, 0.25) is 0 Å². The number of carbonyl (C=O) groups is 1. The summed E-state index contributed by atoms with van der Waals surface area (Å²) in [5.74, 6) is -0.102. The molecule has 1 aromatic heterocycles. The highest BCUT2D eigenvalue weighted by Gasteiger charge is 2.23. The molecule has 1 amide bonds. The maximum Gasteiger partial charge on any atom is 0.346 e. The number of likely N-dealkylation sites (tertiary alicyclic amines) is 1. The molecular formula is C17H18FN3O2. The first-order chi connectivity index (χ1) is 11.0. The van der Waals surface area contributed by atoms with E-state index < -0.39 is 5.69 Å². The molecule has 1 fully saturated rings. The van der Waals surface area contributed by atoms with Crippen LogP contribution in [0.3, 0.4) is 0 Å². The van der Waals surface area contributed by atoms with Crippen LogP contribution in [0, 0.1) is 11.7 Å². The van der Waals surface area contributed by atoms with Gasteiger partial charge in [-0.15, -0.1) is 0 Å². The molecule has 0 saturated carbocycles. The van der Waals surface area contributed by atoms with Gasteiger partial charge in [0, 0.05) is 18.7 Å². The number of hydrogen-bond acceptors (Lipinski definition) is 3. The third kappa shape index (κ3) is 3.47. The smallest absolute Gasteiger partial charge is 0.337 e. The number of nitrogens with zero attached hydrogens (tertiary/aromatic N) is 2. The first kappa shape index (κ1) is 15.4. The standard InChI is InChI=1S/C17H18FN3O2/c1-11-3-2-8-21(10-11)16(22)15-9-14(19-17(23)20-15)12-4-6-13(18)7-5-12/h4-7,9,11H,2-3,8,10H2,1H3,(H,19,20,23). The minimum atomic E-state index is -0.583. The van der Waals surface area contributed by atoms with Crippen molar-refractivity contribution in [2.75, 3.05) is 13.1 Å². The predicted octanol–water partition coefficient (Wildman–Crippen LogP) is 2.45. The maximum absolute atomic E-state index is 13.0. The number of halogens is 1. The van der Waals surface area contributed by atoms with E-state index in [1.165, 1.54) is 24.3 Å². The van der Waals surface area contributed by atoms with Gasteiger partial charge in [0.25, 0.3) is 5.91 Å². The zero-order valence-electron chi connectivity index (χ0n) is 12.9. The molecule has 0 radical (unpaired) electrons. The molecule has 5 nitrogen and oxygen atoms in total. The van der Waals surface area contributed by atoms with Gasteiger partial charge in [0.15, 0.2) is 0 Å². The SMILES string of the molecule is CC1CCCN(C(=O)c2cc(-c3ccc(F)cc3)nc(=O)[nH]2)C1. The Morgan fingerprint density at radius 2 is 2.09 bits per heavy atom. The first-order valence-corrected chi connectivity index (χ1v) is 7.69. The van der Waals surface area contributed by atoms with Crippen molar-refractivity contribution < 1.29 is 9.18 Å². The van der Waals surface area contributed by atoms with Crippen molar-refractivity contribution in [2.45, 2.75) is 19.8 Å². The van der Waals surface area contributed by atoms with Gasteiger partial charge in [-0.3, -0.25) is 4.79 Å². The quantitative estimate of drug-likeness (QED) is 0.925. The highest BCUT2D eigenvalue weighted by Crippen LogP contribution is 2.20. The molecule has 120 valence electrons. The lowest BCUT2D eigenvalue weighted by molar-refractivity contribution is 0.0676. The molecular weight excluding hydrogens is 297 g/mol.